The van der Waals surface area contributed by atoms with Gasteiger partial charge in [-0.1, -0.05) is 29.8 Å². The molecule has 0 aromatic heterocycles. The van der Waals surface area contributed by atoms with E-state index in [1.165, 1.54) is 25.8 Å². The van der Waals surface area contributed by atoms with Crippen LogP contribution in [0.1, 0.15) is 12.5 Å². The van der Waals surface area contributed by atoms with Gasteiger partial charge in [0.2, 0.25) is 0 Å². The molecule has 0 saturated carbocycles. The topological polar surface area (TPSA) is 64.6 Å². The van der Waals surface area contributed by atoms with Crippen LogP contribution in [0.4, 0.5) is 5.69 Å². The van der Waals surface area contributed by atoms with Gasteiger partial charge < -0.3 is 14.8 Å². The molecule has 0 spiro atoms. The van der Waals surface area contributed by atoms with Crippen molar-refractivity contribution in [1.82, 2.24) is 0 Å². The zero-order valence-corrected chi connectivity index (χ0v) is 15.9. The SMILES string of the molecule is COc1ccc(Cl)cc1NC(=O)C(C)OC(=O)C1Cc2ccccc2S1. The van der Waals surface area contributed by atoms with Crippen molar-refractivity contribution in [3.63, 3.8) is 0 Å². The highest BCUT2D eigenvalue weighted by atomic mass is 35.5. The van der Waals surface area contributed by atoms with E-state index in [4.69, 9.17) is 21.1 Å². The number of ether oxygens (including phenoxy) is 2. The molecule has 3 rings (SSSR count). The fourth-order valence-corrected chi connectivity index (χ4v) is 3.98. The second-order valence-corrected chi connectivity index (χ2v) is 7.51. The lowest BCUT2D eigenvalue weighted by molar-refractivity contribution is -0.152. The Labute approximate surface area is 161 Å². The first-order valence-corrected chi connectivity index (χ1v) is 9.33. The standard InChI is InChI=1S/C19H18ClNO4S/c1-11(18(22)21-14-10-13(20)7-8-15(14)24-2)25-19(23)17-9-12-5-3-4-6-16(12)26-17/h3-8,10-11,17H,9H2,1-2H3,(H,21,22). The minimum absolute atomic E-state index is 0.330. The van der Waals surface area contributed by atoms with E-state index in [1.807, 2.05) is 24.3 Å². The van der Waals surface area contributed by atoms with Crippen molar-refractivity contribution in [1.29, 1.82) is 0 Å². The third kappa shape index (κ3) is 4.14. The number of carbonyl (C=O) groups is 2. The molecule has 26 heavy (non-hydrogen) atoms. The Balaban J connectivity index is 1.60. The van der Waals surface area contributed by atoms with Crippen LogP contribution in [-0.4, -0.2) is 30.3 Å². The van der Waals surface area contributed by atoms with E-state index >= 15 is 0 Å². The summed E-state index contributed by atoms with van der Waals surface area (Å²) in [4.78, 5) is 25.8. The number of methoxy groups -OCH3 is 1. The van der Waals surface area contributed by atoms with E-state index in [1.54, 1.807) is 18.2 Å². The summed E-state index contributed by atoms with van der Waals surface area (Å²) in [6.07, 6.45) is -0.327. The van der Waals surface area contributed by atoms with E-state index < -0.39 is 18.0 Å². The largest absolute Gasteiger partial charge is 0.495 e. The molecule has 1 aliphatic rings. The first kappa shape index (κ1) is 18.6. The summed E-state index contributed by atoms with van der Waals surface area (Å²) in [5.74, 6) is -0.366. The molecule has 2 atom stereocenters. The summed E-state index contributed by atoms with van der Waals surface area (Å²) in [6, 6.07) is 12.8. The highest BCUT2D eigenvalue weighted by molar-refractivity contribution is 8.01. The van der Waals surface area contributed by atoms with Crippen molar-refractivity contribution >= 4 is 40.9 Å². The summed E-state index contributed by atoms with van der Waals surface area (Å²) in [7, 11) is 1.50. The molecular weight excluding hydrogens is 374 g/mol. The lowest BCUT2D eigenvalue weighted by Gasteiger charge is -2.17. The number of carbonyl (C=O) groups excluding carboxylic acids is 2. The molecule has 2 unspecified atom stereocenters. The molecule has 2 aromatic rings. The second-order valence-electron chi connectivity index (χ2n) is 5.83. The number of halogens is 1. The molecular formula is C19H18ClNO4S. The van der Waals surface area contributed by atoms with E-state index in [0.717, 1.165) is 10.5 Å². The van der Waals surface area contributed by atoms with Crippen molar-refractivity contribution in [2.75, 3.05) is 12.4 Å². The Morgan fingerprint density at radius 1 is 1.27 bits per heavy atom. The molecule has 0 aliphatic carbocycles. The molecule has 1 heterocycles. The summed E-state index contributed by atoms with van der Waals surface area (Å²) in [5, 5.41) is 2.82. The molecule has 0 fully saturated rings. The van der Waals surface area contributed by atoms with E-state index in [0.29, 0.717) is 22.9 Å². The predicted molar refractivity (Wildman–Crippen MR) is 102 cm³/mol. The van der Waals surface area contributed by atoms with Gasteiger partial charge in [0.25, 0.3) is 5.91 Å². The van der Waals surface area contributed by atoms with Crippen molar-refractivity contribution in [3.05, 3.63) is 53.1 Å². The van der Waals surface area contributed by atoms with Gasteiger partial charge in [-0.25, -0.2) is 0 Å². The number of anilines is 1. The van der Waals surface area contributed by atoms with Crippen LogP contribution in [0, 0.1) is 0 Å². The van der Waals surface area contributed by atoms with E-state index in [-0.39, 0.29) is 5.25 Å². The van der Waals surface area contributed by atoms with Crippen LogP contribution in [-0.2, 0) is 20.7 Å². The maximum absolute atomic E-state index is 12.4. The molecule has 1 amide bonds. The summed E-state index contributed by atoms with van der Waals surface area (Å²) in [6.45, 7) is 1.54. The Morgan fingerprint density at radius 3 is 2.77 bits per heavy atom. The van der Waals surface area contributed by atoms with Gasteiger partial charge in [0.05, 0.1) is 12.8 Å². The van der Waals surface area contributed by atoms with Gasteiger partial charge in [0.1, 0.15) is 11.0 Å². The van der Waals surface area contributed by atoms with Crippen LogP contribution < -0.4 is 10.1 Å². The first-order chi connectivity index (χ1) is 12.5. The van der Waals surface area contributed by atoms with E-state index in [9.17, 15) is 9.59 Å². The summed E-state index contributed by atoms with van der Waals surface area (Å²) >= 11 is 7.42. The number of rotatable bonds is 5. The van der Waals surface area contributed by atoms with Gasteiger partial charge in [0, 0.05) is 9.92 Å². The Bertz CT molecular complexity index is 817. The van der Waals surface area contributed by atoms with Crippen LogP contribution in [0.2, 0.25) is 5.02 Å². The number of benzene rings is 2. The average molecular weight is 392 g/mol. The minimum Gasteiger partial charge on any atom is -0.495 e. The molecule has 7 heteroatoms. The number of esters is 1. The number of hydrogen-bond donors (Lipinski definition) is 1. The van der Waals surface area contributed by atoms with Gasteiger partial charge in [-0.2, -0.15) is 0 Å². The fourth-order valence-electron chi connectivity index (χ4n) is 2.63. The zero-order chi connectivity index (χ0) is 18.7. The van der Waals surface area contributed by atoms with Crippen LogP contribution in [0.3, 0.4) is 0 Å². The second kappa shape index (κ2) is 8.01. The maximum Gasteiger partial charge on any atom is 0.320 e. The van der Waals surface area contributed by atoms with Crippen molar-refractivity contribution in [3.8, 4) is 5.75 Å². The van der Waals surface area contributed by atoms with Crippen LogP contribution >= 0.6 is 23.4 Å². The molecule has 136 valence electrons. The predicted octanol–water partition coefficient (Wildman–Crippen LogP) is 3.94. The van der Waals surface area contributed by atoms with Crippen molar-refractivity contribution < 1.29 is 19.1 Å². The molecule has 1 N–H and O–H groups in total. The van der Waals surface area contributed by atoms with E-state index in [2.05, 4.69) is 5.32 Å². The fraction of sp³-hybridized carbons (Fsp3) is 0.263. The van der Waals surface area contributed by atoms with Crippen molar-refractivity contribution in [2.45, 2.75) is 29.6 Å². The summed E-state index contributed by atoms with van der Waals surface area (Å²) in [5.41, 5.74) is 1.55. The third-order valence-electron chi connectivity index (χ3n) is 3.99. The van der Waals surface area contributed by atoms with Crippen molar-refractivity contribution in [2.24, 2.45) is 0 Å². The number of amides is 1. The number of hydrogen-bond acceptors (Lipinski definition) is 5. The van der Waals surface area contributed by atoms with Gasteiger partial charge in [-0.15, -0.1) is 11.8 Å². The smallest absolute Gasteiger partial charge is 0.320 e. The number of fused-ring (bicyclic) bond motifs is 1. The minimum atomic E-state index is -0.935. The lowest BCUT2D eigenvalue weighted by Crippen LogP contribution is -2.33. The molecule has 2 aromatic carbocycles. The monoisotopic (exact) mass is 391 g/mol. The third-order valence-corrected chi connectivity index (χ3v) is 5.52. The van der Waals surface area contributed by atoms with Gasteiger partial charge in [-0.3, -0.25) is 9.59 Å². The molecule has 0 bridgehead atoms. The Hall–Kier alpha value is -2.18. The quantitative estimate of drug-likeness (QED) is 0.782. The van der Waals surface area contributed by atoms with Gasteiger partial charge in [0.15, 0.2) is 6.10 Å². The Kier molecular flexibility index (Phi) is 5.74. The van der Waals surface area contributed by atoms with Crippen LogP contribution in [0.25, 0.3) is 0 Å². The lowest BCUT2D eigenvalue weighted by atomic mass is 10.1. The zero-order valence-electron chi connectivity index (χ0n) is 14.3. The first-order valence-electron chi connectivity index (χ1n) is 8.07. The average Bonchev–Trinajstić information content (AvgIpc) is 3.06. The van der Waals surface area contributed by atoms with Gasteiger partial charge >= 0.3 is 5.97 Å². The summed E-state index contributed by atoms with van der Waals surface area (Å²) < 4.78 is 10.6. The normalized spacial score (nSPS) is 16.5. The molecule has 0 radical (unpaired) electrons. The number of thioether (sulfide) groups is 1. The highest BCUT2D eigenvalue weighted by Gasteiger charge is 2.31. The molecule has 0 saturated heterocycles. The molecule has 5 nitrogen and oxygen atoms in total. The van der Waals surface area contributed by atoms with Crippen LogP contribution in [0.15, 0.2) is 47.4 Å². The van der Waals surface area contributed by atoms with Crippen LogP contribution in [0.5, 0.6) is 5.75 Å². The maximum atomic E-state index is 12.4. The van der Waals surface area contributed by atoms with Gasteiger partial charge in [-0.05, 0) is 43.2 Å². The highest BCUT2D eigenvalue weighted by Crippen LogP contribution is 2.37. The molecule has 1 aliphatic heterocycles. The Morgan fingerprint density at radius 2 is 2.04 bits per heavy atom. The number of nitrogens with one attached hydrogen (secondary N) is 1.